The fourth-order valence-corrected chi connectivity index (χ4v) is 4.03. The van der Waals surface area contributed by atoms with Crippen molar-refractivity contribution in [3.05, 3.63) is 0 Å². The van der Waals surface area contributed by atoms with Crippen LogP contribution in [0.3, 0.4) is 0 Å². The van der Waals surface area contributed by atoms with Gasteiger partial charge in [0.1, 0.15) is 6.73 Å². The molecule has 0 aromatic heterocycles. The number of carboxylic acid groups (broad SMARTS) is 4. The largest absolute Gasteiger partial charge is 0.642 e. The molecule has 0 aromatic rings. The van der Waals surface area contributed by atoms with Gasteiger partial charge in [0.15, 0.2) is 0 Å². The van der Waals surface area contributed by atoms with Gasteiger partial charge < -0.3 is 53.9 Å². The number of carboxylic acids is 4. The smallest absolute Gasteiger partial charge is 0.106 e. The van der Waals surface area contributed by atoms with Gasteiger partial charge in [0, 0.05) is 52.4 Å². The first kappa shape index (κ1) is 31.2. The van der Waals surface area contributed by atoms with Gasteiger partial charge in [-0.25, -0.2) is 0 Å². The van der Waals surface area contributed by atoms with Gasteiger partial charge in [-0.05, 0) is 18.8 Å². The van der Waals surface area contributed by atoms with Crippen molar-refractivity contribution in [2.75, 3.05) is 65.8 Å². The van der Waals surface area contributed by atoms with E-state index < -0.39 is 56.3 Å². The van der Waals surface area contributed by atoms with E-state index in [2.05, 4.69) is 4.74 Å². The number of carbonyl (C=O) groups is 4. The number of carbonyl (C=O) groups excluding carboxylic acids is 5. The number of aliphatic carboxylic acids is 4. The van der Waals surface area contributed by atoms with Crippen molar-refractivity contribution in [2.45, 2.75) is 38.1 Å². The van der Waals surface area contributed by atoms with Gasteiger partial charge in [0.2, 0.25) is 0 Å². The lowest BCUT2D eigenvalue weighted by Gasteiger charge is -2.35. The zero-order chi connectivity index (χ0) is 26.9. The molecule has 0 amide bonds. The minimum absolute atomic E-state index is 0.0587. The van der Waals surface area contributed by atoms with Gasteiger partial charge in [-0.2, -0.15) is 0 Å². The highest BCUT2D eigenvalue weighted by Crippen LogP contribution is 2.23. The van der Waals surface area contributed by atoms with Crippen molar-refractivity contribution in [3.63, 3.8) is 0 Å². The molecule has 1 saturated carbocycles. The number of nitrogens with zero attached hydrogens (tertiary/aromatic N) is 3. The fraction of sp³-hybridized carbons (Fsp3) is 0.773. The molecule has 0 bridgehead atoms. The summed E-state index contributed by atoms with van der Waals surface area (Å²) in [5, 5.41) is 45.1. The van der Waals surface area contributed by atoms with Crippen LogP contribution in [0, 0.1) is 5.92 Å². The molecule has 1 unspecified atom stereocenters. The highest BCUT2D eigenvalue weighted by atomic mass is 16.5. The summed E-state index contributed by atoms with van der Waals surface area (Å²) in [6.07, 6.45) is 5.24. The van der Waals surface area contributed by atoms with E-state index in [0.29, 0.717) is 12.5 Å². The molecule has 1 aliphatic rings. The molecular formula is C22H32N3O11-5. The molecule has 206 valence electrons. The van der Waals surface area contributed by atoms with E-state index in [4.69, 9.17) is 4.74 Å². The molecule has 1 fully saturated rings. The summed E-state index contributed by atoms with van der Waals surface area (Å²) >= 11 is 0. The Morgan fingerprint density at radius 1 is 0.806 bits per heavy atom. The van der Waals surface area contributed by atoms with Crippen LogP contribution in [0.4, 0.5) is 0 Å². The van der Waals surface area contributed by atoms with Crippen molar-refractivity contribution in [1.82, 2.24) is 14.7 Å². The third-order valence-corrected chi connectivity index (χ3v) is 5.85. The van der Waals surface area contributed by atoms with Gasteiger partial charge in [0.05, 0.1) is 36.5 Å². The number of rotatable bonds is 21. The Bertz CT molecular complexity index is 715. The SMILES string of the molecule is O=[C-]OCN(CCN(CCN(CC(=O)[O-])C(COCC1CCCCC1)C(=O)[O-])CC(=O)[O-])CC(=O)[O-]. The normalized spacial score (nSPS) is 15.2. The summed E-state index contributed by atoms with van der Waals surface area (Å²) in [4.78, 5) is 58.8. The summed E-state index contributed by atoms with van der Waals surface area (Å²) in [7, 11) is 0. The minimum Gasteiger partial charge on any atom is -0.642 e. The molecule has 0 aromatic carbocycles. The summed E-state index contributed by atoms with van der Waals surface area (Å²) in [6, 6.07) is -1.41. The first-order chi connectivity index (χ1) is 17.1. The maximum atomic E-state index is 11.8. The molecule has 14 nitrogen and oxygen atoms in total. The summed E-state index contributed by atoms with van der Waals surface area (Å²) < 4.78 is 9.98. The van der Waals surface area contributed by atoms with Crippen LogP contribution < -0.4 is 20.4 Å². The molecular weight excluding hydrogens is 482 g/mol. The van der Waals surface area contributed by atoms with Gasteiger partial charge in [0.25, 0.3) is 0 Å². The van der Waals surface area contributed by atoms with Crippen molar-refractivity contribution in [2.24, 2.45) is 5.92 Å². The minimum atomic E-state index is -1.55. The van der Waals surface area contributed by atoms with E-state index in [1.807, 2.05) is 0 Å². The highest BCUT2D eigenvalue weighted by molar-refractivity contribution is 5.73. The number of hydrogen-bond donors (Lipinski definition) is 0. The molecule has 1 atom stereocenters. The molecule has 1 rings (SSSR count). The topological polar surface area (TPSA) is 206 Å². The van der Waals surface area contributed by atoms with E-state index in [9.17, 15) is 44.4 Å². The van der Waals surface area contributed by atoms with Crippen molar-refractivity contribution in [1.29, 1.82) is 0 Å². The molecule has 0 spiro atoms. The molecule has 0 radical (unpaired) electrons. The summed E-state index contributed by atoms with van der Waals surface area (Å²) in [6.45, 7) is -1.68. The van der Waals surface area contributed by atoms with E-state index in [-0.39, 0.29) is 32.8 Å². The van der Waals surface area contributed by atoms with Gasteiger partial charge in [-0.3, -0.25) is 14.7 Å². The molecule has 0 heterocycles. The number of ether oxygens (including phenoxy) is 2. The average Bonchev–Trinajstić information content (AvgIpc) is 2.80. The lowest BCUT2D eigenvalue weighted by molar-refractivity contribution is -0.317. The Balaban J connectivity index is 2.78. The average molecular weight is 515 g/mol. The second-order valence-corrected chi connectivity index (χ2v) is 8.65. The fourth-order valence-electron chi connectivity index (χ4n) is 4.03. The predicted octanol–water partition coefficient (Wildman–Crippen LogP) is -6.10. The van der Waals surface area contributed by atoms with E-state index in [1.54, 1.807) is 0 Å². The van der Waals surface area contributed by atoms with Crippen LogP contribution >= 0.6 is 0 Å². The molecule has 1 aliphatic carbocycles. The highest BCUT2D eigenvalue weighted by Gasteiger charge is 2.23. The zero-order valence-electron chi connectivity index (χ0n) is 20.1. The molecule has 36 heavy (non-hydrogen) atoms. The van der Waals surface area contributed by atoms with Crippen molar-refractivity contribution in [3.8, 4) is 0 Å². The molecule has 0 N–H and O–H groups in total. The van der Waals surface area contributed by atoms with Crippen molar-refractivity contribution >= 4 is 30.3 Å². The summed E-state index contributed by atoms with van der Waals surface area (Å²) in [5.41, 5.74) is 0. The first-order valence-corrected chi connectivity index (χ1v) is 11.7. The van der Waals surface area contributed by atoms with E-state index in [0.717, 1.165) is 48.4 Å². The van der Waals surface area contributed by atoms with Crippen LogP contribution in [0.2, 0.25) is 0 Å². The lowest BCUT2D eigenvalue weighted by Crippen LogP contribution is -2.56. The van der Waals surface area contributed by atoms with Gasteiger partial charge in [-0.15, -0.1) is 0 Å². The predicted molar refractivity (Wildman–Crippen MR) is 112 cm³/mol. The Hall–Kier alpha value is -2.81. The Kier molecular flexibility index (Phi) is 15.3. The first-order valence-electron chi connectivity index (χ1n) is 11.7. The zero-order valence-corrected chi connectivity index (χ0v) is 20.1. The third kappa shape index (κ3) is 13.9. The standard InChI is InChI=1S/C22H36N3O11/c26-16-36-15-24(11-20(29)30)7-6-23(10-19(27)28)8-9-25(12-21(31)32)18(22(33)34)14-35-13-17-4-2-1-3-5-17/h17-18H,1-15H2,(H,27,28)(H,29,30)(H,31,32)(H,33,34)/q-1/p-4. The second-order valence-electron chi connectivity index (χ2n) is 8.65. The van der Waals surface area contributed by atoms with E-state index >= 15 is 0 Å². The molecule has 0 saturated heterocycles. The molecule has 14 heteroatoms. The van der Waals surface area contributed by atoms with Crippen LogP contribution in [0.25, 0.3) is 0 Å². The van der Waals surface area contributed by atoms with Crippen LogP contribution in [-0.2, 0) is 33.4 Å². The maximum absolute atomic E-state index is 11.8. The van der Waals surface area contributed by atoms with Gasteiger partial charge in [-0.1, -0.05) is 25.7 Å². The summed E-state index contributed by atoms with van der Waals surface area (Å²) in [5.74, 6) is -5.70. The van der Waals surface area contributed by atoms with Crippen LogP contribution in [-0.4, -0.2) is 117 Å². The van der Waals surface area contributed by atoms with Crippen molar-refractivity contribution < 1.29 is 53.9 Å². The lowest BCUT2D eigenvalue weighted by atomic mass is 9.90. The molecule has 0 aliphatic heterocycles. The Morgan fingerprint density at radius 2 is 1.36 bits per heavy atom. The maximum Gasteiger partial charge on any atom is 0.106 e. The van der Waals surface area contributed by atoms with E-state index in [1.165, 1.54) is 4.90 Å². The monoisotopic (exact) mass is 514 g/mol. The number of hydrogen-bond acceptors (Lipinski definition) is 14. The second kappa shape index (κ2) is 17.6. The van der Waals surface area contributed by atoms with Crippen LogP contribution in [0.1, 0.15) is 32.1 Å². The van der Waals surface area contributed by atoms with Crippen LogP contribution in [0.5, 0.6) is 0 Å². The van der Waals surface area contributed by atoms with Crippen LogP contribution in [0.15, 0.2) is 0 Å². The van der Waals surface area contributed by atoms with Gasteiger partial charge >= 0.3 is 0 Å². The Morgan fingerprint density at radius 3 is 1.92 bits per heavy atom. The third-order valence-electron chi connectivity index (χ3n) is 5.85. The quantitative estimate of drug-likeness (QED) is 0.103. The Labute approximate surface area is 209 Å².